The minimum Gasteiger partial charge on any atom is -0.342 e. The van der Waals surface area contributed by atoms with Crippen molar-refractivity contribution in [3.8, 4) is 0 Å². The van der Waals surface area contributed by atoms with Gasteiger partial charge in [0, 0.05) is 38.5 Å². The highest BCUT2D eigenvalue weighted by Gasteiger charge is 2.33. The molecule has 2 saturated heterocycles. The first kappa shape index (κ1) is 21.1. The normalized spacial score (nSPS) is 20.2. The first-order chi connectivity index (χ1) is 14.4. The molecular weight excluding hydrogens is 400 g/mol. The third-order valence-electron chi connectivity index (χ3n) is 6.33. The molecule has 1 aromatic carbocycles. The van der Waals surface area contributed by atoms with Gasteiger partial charge in [0.1, 0.15) is 4.90 Å². The second kappa shape index (κ2) is 8.51. The van der Waals surface area contributed by atoms with Crippen LogP contribution in [0.25, 0.3) is 0 Å². The number of rotatable bonds is 6. The highest BCUT2D eigenvalue weighted by atomic mass is 32.2. The Morgan fingerprint density at radius 2 is 1.80 bits per heavy atom. The Hall–Kier alpha value is -2.19. The Kier molecular flexibility index (Phi) is 5.97. The first-order valence-corrected chi connectivity index (χ1v) is 12.2. The van der Waals surface area contributed by atoms with Crippen LogP contribution in [-0.4, -0.2) is 59.5 Å². The predicted molar refractivity (Wildman–Crippen MR) is 115 cm³/mol. The number of hydrogen-bond donors (Lipinski definition) is 0. The summed E-state index contributed by atoms with van der Waals surface area (Å²) < 4.78 is 29.2. The quantitative estimate of drug-likeness (QED) is 0.706. The molecule has 0 radical (unpaired) electrons. The topological polar surface area (TPSA) is 75.5 Å². The number of benzene rings is 1. The fourth-order valence-electron chi connectivity index (χ4n) is 4.67. The molecular formula is C22H30N4O3S. The van der Waals surface area contributed by atoms with E-state index in [1.54, 1.807) is 22.8 Å². The van der Waals surface area contributed by atoms with Crippen LogP contribution >= 0.6 is 0 Å². The van der Waals surface area contributed by atoms with E-state index in [1.165, 1.54) is 5.56 Å². The number of carbonyl (C=O) groups excluding carboxylic acids is 1. The van der Waals surface area contributed by atoms with Crippen molar-refractivity contribution in [1.29, 1.82) is 0 Å². The van der Waals surface area contributed by atoms with E-state index in [0.29, 0.717) is 48.3 Å². The number of nitrogens with zero attached hydrogens (tertiary/aromatic N) is 4. The third-order valence-corrected chi connectivity index (χ3v) is 8.48. The monoisotopic (exact) mass is 430 g/mol. The maximum atomic E-state index is 13.0. The van der Waals surface area contributed by atoms with Gasteiger partial charge in [0.25, 0.3) is 0 Å². The molecule has 7 nitrogen and oxygen atoms in total. The fraction of sp³-hybridized carbons (Fsp3) is 0.545. The van der Waals surface area contributed by atoms with E-state index in [2.05, 4.69) is 17.2 Å². The Labute approximate surface area is 178 Å². The van der Waals surface area contributed by atoms with E-state index < -0.39 is 10.0 Å². The van der Waals surface area contributed by atoms with Gasteiger partial charge in [0.05, 0.1) is 17.9 Å². The minimum atomic E-state index is -3.52. The van der Waals surface area contributed by atoms with Crippen molar-refractivity contribution >= 4 is 15.9 Å². The zero-order valence-electron chi connectivity index (χ0n) is 17.7. The molecule has 2 aromatic rings. The molecule has 162 valence electrons. The molecule has 0 aliphatic carbocycles. The molecule has 3 heterocycles. The smallest absolute Gasteiger partial charge is 0.246 e. The van der Waals surface area contributed by atoms with E-state index in [-0.39, 0.29) is 5.91 Å². The van der Waals surface area contributed by atoms with Gasteiger partial charge in [-0.2, -0.15) is 9.40 Å². The van der Waals surface area contributed by atoms with E-state index in [0.717, 1.165) is 32.4 Å². The summed E-state index contributed by atoms with van der Waals surface area (Å²) in [5.74, 6) is 0.492. The maximum absolute atomic E-state index is 13.0. The molecule has 1 amide bonds. The van der Waals surface area contributed by atoms with Crippen molar-refractivity contribution in [3.63, 3.8) is 0 Å². The second-order valence-corrected chi connectivity index (χ2v) is 10.2. The van der Waals surface area contributed by atoms with Gasteiger partial charge in [-0.1, -0.05) is 30.3 Å². The lowest BCUT2D eigenvalue weighted by molar-refractivity contribution is -0.130. The van der Waals surface area contributed by atoms with Gasteiger partial charge in [0.2, 0.25) is 15.9 Å². The molecule has 0 unspecified atom stereocenters. The Morgan fingerprint density at radius 3 is 2.50 bits per heavy atom. The molecule has 4 rings (SSSR count). The van der Waals surface area contributed by atoms with Gasteiger partial charge in [0.15, 0.2) is 0 Å². The van der Waals surface area contributed by atoms with Gasteiger partial charge in [-0.3, -0.25) is 9.48 Å². The number of amides is 1. The van der Waals surface area contributed by atoms with Crippen LogP contribution in [0.4, 0.5) is 0 Å². The summed E-state index contributed by atoms with van der Waals surface area (Å²) in [6.07, 6.45) is 3.11. The number of hydrogen-bond acceptors (Lipinski definition) is 4. The van der Waals surface area contributed by atoms with Gasteiger partial charge >= 0.3 is 0 Å². The molecule has 8 heteroatoms. The lowest BCUT2D eigenvalue weighted by Crippen LogP contribution is -2.29. The zero-order chi connectivity index (χ0) is 21.3. The van der Waals surface area contributed by atoms with Crippen molar-refractivity contribution in [2.45, 2.75) is 56.9 Å². The van der Waals surface area contributed by atoms with Crippen LogP contribution in [0.1, 0.15) is 48.6 Å². The number of likely N-dealkylation sites (tertiary alicyclic amines) is 1. The average Bonchev–Trinajstić information content (AvgIpc) is 3.48. The summed E-state index contributed by atoms with van der Waals surface area (Å²) in [4.78, 5) is 15.0. The Balaban J connectivity index is 1.40. The van der Waals surface area contributed by atoms with Gasteiger partial charge in [-0.25, -0.2) is 8.42 Å². The van der Waals surface area contributed by atoms with Crippen LogP contribution in [0.5, 0.6) is 0 Å². The fourth-order valence-corrected chi connectivity index (χ4v) is 6.56. The molecule has 2 fully saturated rings. The molecule has 0 N–H and O–H groups in total. The molecule has 30 heavy (non-hydrogen) atoms. The van der Waals surface area contributed by atoms with Crippen molar-refractivity contribution in [1.82, 2.24) is 19.0 Å². The molecule has 0 bridgehead atoms. The zero-order valence-corrected chi connectivity index (χ0v) is 18.6. The lowest BCUT2D eigenvalue weighted by atomic mass is 9.99. The minimum absolute atomic E-state index is 0.102. The molecule has 2 aliphatic heterocycles. The van der Waals surface area contributed by atoms with E-state index in [9.17, 15) is 13.2 Å². The van der Waals surface area contributed by atoms with Crippen LogP contribution < -0.4 is 0 Å². The number of aromatic nitrogens is 2. The molecule has 1 atom stereocenters. The molecule has 0 saturated carbocycles. The summed E-state index contributed by atoms with van der Waals surface area (Å²) in [5.41, 5.74) is 2.41. The first-order valence-electron chi connectivity index (χ1n) is 10.7. The predicted octanol–water partition coefficient (Wildman–Crippen LogP) is 2.69. The summed E-state index contributed by atoms with van der Waals surface area (Å²) in [5, 5.41) is 4.45. The van der Waals surface area contributed by atoms with E-state index in [4.69, 9.17) is 0 Å². The standard InChI is InChI=1S/C22H30N4O3S/c1-17-22(30(28,29)25-12-6-7-13-25)18(2)26(23-17)15-11-21(27)24-14-10-20(16-24)19-8-4-3-5-9-19/h3-5,8-9,20H,6-7,10-16H2,1-2H3/t20-/m0/s1. The van der Waals surface area contributed by atoms with Crippen molar-refractivity contribution < 1.29 is 13.2 Å². The van der Waals surface area contributed by atoms with Crippen LogP contribution in [0.2, 0.25) is 0 Å². The summed E-state index contributed by atoms with van der Waals surface area (Å²) in [7, 11) is -3.52. The van der Waals surface area contributed by atoms with Gasteiger partial charge in [-0.15, -0.1) is 0 Å². The molecule has 1 aromatic heterocycles. The third kappa shape index (κ3) is 4.03. The van der Waals surface area contributed by atoms with Crippen molar-refractivity contribution in [2.24, 2.45) is 0 Å². The summed E-state index contributed by atoms with van der Waals surface area (Å²) >= 11 is 0. The highest BCUT2D eigenvalue weighted by Crippen LogP contribution is 2.28. The Morgan fingerprint density at radius 1 is 1.10 bits per heavy atom. The highest BCUT2D eigenvalue weighted by molar-refractivity contribution is 7.89. The Bertz CT molecular complexity index is 1010. The van der Waals surface area contributed by atoms with Crippen LogP contribution in [0.15, 0.2) is 35.2 Å². The second-order valence-electron chi connectivity index (χ2n) is 8.32. The van der Waals surface area contributed by atoms with Crippen molar-refractivity contribution in [3.05, 3.63) is 47.3 Å². The van der Waals surface area contributed by atoms with Crippen LogP contribution in [-0.2, 0) is 21.4 Å². The van der Waals surface area contributed by atoms with E-state index in [1.807, 2.05) is 23.1 Å². The van der Waals surface area contributed by atoms with Gasteiger partial charge < -0.3 is 4.90 Å². The molecule has 2 aliphatic rings. The van der Waals surface area contributed by atoms with Gasteiger partial charge in [-0.05, 0) is 38.7 Å². The van der Waals surface area contributed by atoms with Crippen LogP contribution in [0, 0.1) is 13.8 Å². The molecule has 0 spiro atoms. The average molecular weight is 431 g/mol. The maximum Gasteiger partial charge on any atom is 0.246 e. The summed E-state index contributed by atoms with van der Waals surface area (Å²) in [6.45, 7) is 6.57. The van der Waals surface area contributed by atoms with Crippen LogP contribution in [0.3, 0.4) is 0 Å². The number of aryl methyl sites for hydroxylation is 2. The largest absolute Gasteiger partial charge is 0.342 e. The summed E-state index contributed by atoms with van der Waals surface area (Å²) in [6, 6.07) is 10.3. The van der Waals surface area contributed by atoms with E-state index >= 15 is 0 Å². The number of sulfonamides is 1. The lowest BCUT2D eigenvalue weighted by Gasteiger charge is -2.17. The number of carbonyl (C=O) groups is 1. The van der Waals surface area contributed by atoms with Crippen molar-refractivity contribution in [2.75, 3.05) is 26.2 Å². The SMILES string of the molecule is Cc1nn(CCC(=O)N2CC[C@H](c3ccccc3)C2)c(C)c1S(=O)(=O)N1CCCC1.